The van der Waals surface area contributed by atoms with Crippen molar-refractivity contribution >= 4 is 43.5 Å². The van der Waals surface area contributed by atoms with E-state index in [4.69, 9.17) is 0 Å². The molecule has 2 aromatic rings. The predicted molar refractivity (Wildman–Crippen MR) is 63.7 cm³/mol. The van der Waals surface area contributed by atoms with Gasteiger partial charge in [-0.15, -0.1) is 11.3 Å². The zero-order chi connectivity index (χ0) is 13.5. The molecule has 0 aliphatic heterocycles. The van der Waals surface area contributed by atoms with E-state index in [1.165, 1.54) is 12.3 Å². The van der Waals surface area contributed by atoms with Crippen molar-refractivity contribution in [2.24, 2.45) is 0 Å². The first kappa shape index (κ1) is 13.3. The second-order valence-corrected chi connectivity index (χ2v) is 5.14. The molecule has 0 aliphatic carbocycles. The lowest BCUT2D eigenvalue weighted by Gasteiger charge is -2.05. The summed E-state index contributed by atoms with van der Waals surface area (Å²) in [4.78, 5) is 14.3. The number of alkyl halides is 3. The molecule has 0 spiro atoms. The second kappa shape index (κ2) is 4.51. The van der Waals surface area contributed by atoms with Gasteiger partial charge in [-0.2, -0.15) is 13.2 Å². The highest BCUT2D eigenvalue weighted by molar-refractivity contribution is 9.10. The molecular formula is C10H5BrF3NO2S. The highest BCUT2D eigenvalue weighted by Gasteiger charge is 2.40. The fourth-order valence-electron chi connectivity index (χ4n) is 1.45. The molecule has 0 saturated heterocycles. The summed E-state index contributed by atoms with van der Waals surface area (Å²) in [6.07, 6.45) is -3.29. The molecule has 0 aliphatic rings. The zero-order valence-corrected chi connectivity index (χ0v) is 11.2. The van der Waals surface area contributed by atoms with Crippen LogP contribution in [0.4, 0.5) is 13.2 Å². The summed E-state index contributed by atoms with van der Waals surface area (Å²) in [7, 11) is 1.03. The third-order valence-corrected chi connectivity index (χ3v) is 4.35. The lowest BCUT2D eigenvalue weighted by atomic mass is 10.2. The number of aromatic nitrogens is 1. The highest BCUT2D eigenvalue weighted by Crippen LogP contribution is 2.43. The number of hydrogen-bond donors (Lipinski definition) is 0. The minimum Gasteiger partial charge on any atom is -0.465 e. The average Bonchev–Trinajstić information content (AvgIpc) is 2.68. The van der Waals surface area contributed by atoms with Gasteiger partial charge in [0.1, 0.15) is 10.4 Å². The Morgan fingerprint density at radius 2 is 2.17 bits per heavy atom. The second-order valence-electron chi connectivity index (χ2n) is 3.27. The number of nitrogens with zero attached hydrogens (tertiary/aromatic N) is 1. The Hall–Kier alpha value is -1.15. The Morgan fingerprint density at radius 3 is 2.72 bits per heavy atom. The molecule has 2 heterocycles. The average molecular weight is 340 g/mol. The molecule has 0 saturated carbocycles. The molecule has 0 N–H and O–H groups in total. The van der Waals surface area contributed by atoms with Gasteiger partial charge < -0.3 is 4.74 Å². The van der Waals surface area contributed by atoms with Crippen molar-refractivity contribution in [1.82, 2.24) is 4.98 Å². The van der Waals surface area contributed by atoms with Gasteiger partial charge in [-0.1, -0.05) is 0 Å². The van der Waals surface area contributed by atoms with E-state index in [9.17, 15) is 18.0 Å². The van der Waals surface area contributed by atoms with Gasteiger partial charge in [-0.3, -0.25) is 4.98 Å². The third kappa shape index (κ3) is 2.10. The van der Waals surface area contributed by atoms with Crippen molar-refractivity contribution in [1.29, 1.82) is 0 Å². The van der Waals surface area contributed by atoms with Gasteiger partial charge in [0.15, 0.2) is 0 Å². The molecular weight excluding hydrogens is 335 g/mol. The van der Waals surface area contributed by atoms with Crippen LogP contribution in [0.25, 0.3) is 10.2 Å². The van der Waals surface area contributed by atoms with Gasteiger partial charge in [0, 0.05) is 10.7 Å². The number of fused-ring (bicyclic) bond motifs is 1. The predicted octanol–water partition coefficient (Wildman–Crippen LogP) is 3.86. The Bertz CT molecular complexity index is 623. The summed E-state index contributed by atoms with van der Waals surface area (Å²) >= 11 is 3.60. The topological polar surface area (TPSA) is 39.2 Å². The van der Waals surface area contributed by atoms with Crippen LogP contribution in [0.3, 0.4) is 0 Å². The first-order valence-electron chi connectivity index (χ1n) is 4.58. The zero-order valence-electron chi connectivity index (χ0n) is 8.84. The van der Waals surface area contributed by atoms with Crippen LogP contribution >= 0.6 is 27.3 Å². The molecule has 18 heavy (non-hydrogen) atoms. The number of rotatable bonds is 1. The fourth-order valence-corrected chi connectivity index (χ4v) is 3.02. The smallest absolute Gasteiger partial charge is 0.426 e. The van der Waals surface area contributed by atoms with Gasteiger partial charge in [0.05, 0.1) is 17.3 Å². The Balaban J connectivity index is 2.85. The largest absolute Gasteiger partial charge is 0.465 e. The fraction of sp³-hybridized carbons (Fsp3) is 0.200. The van der Waals surface area contributed by atoms with Gasteiger partial charge in [0.2, 0.25) is 0 Å². The van der Waals surface area contributed by atoms with E-state index >= 15 is 0 Å². The number of esters is 1. The van der Waals surface area contributed by atoms with Crippen LogP contribution in [0.15, 0.2) is 16.7 Å². The maximum atomic E-state index is 12.9. The van der Waals surface area contributed by atoms with Crippen LogP contribution in [0, 0.1) is 0 Å². The summed E-state index contributed by atoms with van der Waals surface area (Å²) in [6.45, 7) is 0. The summed E-state index contributed by atoms with van der Waals surface area (Å²) in [6, 6.07) is 1.51. The molecule has 0 aromatic carbocycles. The SMILES string of the molecule is COC(=O)c1c(C(F)(F)F)sc2c(Br)ccnc12. The standard InChI is InChI=1S/C10H5BrF3NO2S/c1-17-9(16)5-6-7(4(11)2-3-15-6)18-8(5)10(12,13)14/h2-3H,1H3. The maximum absolute atomic E-state index is 12.9. The number of carbonyl (C=O) groups excluding carboxylic acids is 1. The van der Waals surface area contributed by atoms with Crippen molar-refractivity contribution in [2.75, 3.05) is 7.11 Å². The molecule has 0 bridgehead atoms. The minimum atomic E-state index is -4.62. The van der Waals surface area contributed by atoms with Crippen molar-refractivity contribution in [2.45, 2.75) is 6.18 Å². The van der Waals surface area contributed by atoms with Crippen molar-refractivity contribution < 1.29 is 22.7 Å². The van der Waals surface area contributed by atoms with Crippen LogP contribution in [0.5, 0.6) is 0 Å². The number of methoxy groups -OCH3 is 1. The maximum Gasteiger partial charge on any atom is 0.426 e. The molecule has 0 atom stereocenters. The van der Waals surface area contributed by atoms with E-state index < -0.39 is 22.6 Å². The van der Waals surface area contributed by atoms with Crippen LogP contribution in [0.2, 0.25) is 0 Å². The summed E-state index contributed by atoms with van der Waals surface area (Å²) in [5, 5.41) is 0. The van der Waals surface area contributed by atoms with E-state index in [0.29, 0.717) is 15.8 Å². The number of ether oxygens (including phenoxy) is 1. The summed E-state index contributed by atoms with van der Waals surface area (Å²) < 4.78 is 43.7. The molecule has 8 heteroatoms. The normalized spacial score (nSPS) is 11.8. The number of halogens is 4. The summed E-state index contributed by atoms with van der Waals surface area (Å²) in [5.41, 5.74) is -0.542. The van der Waals surface area contributed by atoms with Crippen LogP contribution in [0.1, 0.15) is 15.2 Å². The number of pyridine rings is 1. The third-order valence-electron chi connectivity index (χ3n) is 2.17. The van der Waals surface area contributed by atoms with Crippen LogP contribution in [-0.4, -0.2) is 18.1 Å². The monoisotopic (exact) mass is 339 g/mol. The van der Waals surface area contributed by atoms with Crippen molar-refractivity contribution in [3.05, 3.63) is 27.2 Å². The van der Waals surface area contributed by atoms with E-state index in [0.717, 1.165) is 7.11 Å². The molecule has 0 radical (unpaired) electrons. The van der Waals surface area contributed by atoms with Crippen molar-refractivity contribution in [3.63, 3.8) is 0 Å². The quantitative estimate of drug-likeness (QED) is 0.740. The van der Waals surface area contributed by atoms with Gasteiger partial charge >= 0.3 is 12.1 Å². The first-order chi connectivity index (χ1) is 8.36. The lowest BCUT2D eigenvalue weighted by molar-refractivity contribution is -0.134. The van der Waals surface area contributed by atoms with E-state index in [2.05, 4.69) is 25.7 Å². The van der Waals surface area contributed by atoms with E-state index in [-0.39, 0.29) is 10.2 Å². The van der Waals surface area contributed by atoms with Gasteiger partial charge in [-0.25, -0.2) is 4.79 Å². The Morgan fingerprint density at radius 1 is 1.50 bits per heavy atom. The Labute approximate surface area is 112 Å². The molecule has 2 aromatic heterocycles. The van der Waals surface area contributed by atoms with Gasteiger partial charge in [0.25, 0.3) is 0 Å². The Kier molecular flexibility index (Phi) is 3.33. The first-order valence-corrected chi connectivity index (χ1v) is 6.19. The minimum absolute atomic E-state index is 0.00597. The van der Waals surface area contributed by atoms with Gasteiger partial charge in [-0.05, 0) is 22.0 Å². The highest BCUT2D eigenvalue weighted by atomic mass is 79.9. The van der Waals surface area contributed by atoms with Crippen LogP contribution < -0.4 is 0 Å². The molecule has 2 rings (SSSR count). The number of carbonyl (C=O) groups is 1. The molecule has 0 unspecified atom stereocenters. The molecule has 0 fully saturated rings. The van der Waals surface area contributed by atoms with E-state index in [1.54, 1.807) is 0 Å². The van der Waals surface area contributed by atoms with E-state index in [1.807, 2.05) is 0 Å². The molecule has 96 valence electrons. The van der Waals surface area contributed by atoms with Crippen molar-refractivity contribution in [3.8, 4) is 0 Å². The lowest BCUT2D eigenvalue weighted by Crippen LogP contribution is -2.11. The number of thiophene rings is 1. The summed E-state index contributed by atoms with van der Waals surface area (Å²) in [5.74, 6) is -1.04. The number of hydrogen-bond acceptors (Lipinski definition) is 4. The molecule has 3 nitrogen and oxygen atoms in total. The van der Waals surface area contributed by atoms with Crippen LogP contribution in [-0.2, 0) is 10.9 Å². The molecule has 0 amide bonds.